The van der Waals surface area contributed by atoms with Crippen LogP contribution >= 0.6 is 11.3 Å². The molecule has 1 N–H and O–H groups in total. The van der Waals surface area contributed by atoms with E-state index in [2.05, 4.69) is 63.1 Å². The Morgan fingerprint density at radius 2 is 1.91 bits per heavy atom. The summed E-state index contributed by atoms with van der Waals surface area (Å²) >= 11 is 1.29. The maximum Gasteiger partial charge on any atom is 0.268 e. The zero-order chi connectivity index (χ0) is 24.2. The Bertz CT molecular complexity index is 1240. The summed E-state index contributed by atoms with van der Waals surface area (Å²) < 4.78 is 7.48. The molecule has 3 heterocycles. The Morgan fingerprint density at radius 3 is 2.56 bits per heavy atom. The van der Waals surface area contributed by atoms with Gasteiger partial charge in [-0.25, -0.2) is 0 Å². The molecule has 9 heteroatoms. The van der Waals surface area contributed by atoms with Crippen molar-refractivity contribution < 1.29 is 9.53 Å². The van der Waals surface area contributed by atoms with Crippen LogP contribution < -0.4 is 10.2 Å². The van der Waals surface area contributed by atoms with Gasteiger partial charge in [-0.2, -0.15) is 5.26 Å². The molecule has 1 aromatic carbocycles. The normalized spacial score (nSPS) is 14.4. The van der Waals surface area contributed by atoms with Crippen LogP contribution in [-0.4, -0.2) is 47.0 Å². The van der Waals surface area contributed by atoms with Gasteiger partial charge in [-0.15, -0.1) is 10.2 Å². The van der Waals surface area contributed by atoms with E-state index in [1.807, 2.05) is 26.0 Å². The monoisotopic (exact) mass is 476 g/mol. The fraction of sp³-hybridized carbons (Fsp3) is 0.360. The Labute approximate surface area is 203 Å². The van der Waals surface area contributed by atoms with E-state index >= 15 is 0 Å². The molecule has 0 saturated carbocycles. The predicted molar refractivity (Wildman–Crippen MR) is 134 cm³/mol. The molecule has 4 rings (SSSR count). The molecule has 0 bridgehead atoms. The van der Waals surface area contributed by atoms with Crippen molar-refractivity contribution >= 4 is 33.6 Å². The number of amides is 1. The van der Waals surface area contributed by atoms with E-state index in [1.165, 1.54) is 16.9 Å². The standard InChI is InChI=1S/C25H28N6O2S/c1-16(2)19-5-7-22(8-6-19)31-17(3)13-20(18(31)4)14-21(15-26)23(32)27-24-28-29-25(34-24)30-9-11-33-12-10-30/h5-8,13-14,16H,9-12H2,1-4H3,(H,27,28,32)/b21-14-. The number of nitrogens with one attached hydrogen (secondary N) is 1. The molecule has 3 aromatic rings. The topological polar surface area (TPSA) is 96.1 Å². The predicted octanol–water partition coefficient (Wildman–Crippen LogP) is 4.45. The van der Waals surface area contributed by atoms with Gasteiger partial charge in [0.1, 0.15) is 11.6 Å². The number of nitrogens with zero attached hydrogens (tertiary/aromatic N) is 5. The SMILES string of the molecule is Cc1cc(/C=C(/C#N)C(=O)Nc2nnc(N3CCOCC3)s2)c(C)n1-c1ccc(C(C)C)cc1. The molecule has 0 radical (unpaired) electrons. The minimum atomic E-state index is -0.502. The number of morpholine rings is 1. The molecule has 176 valence electrons. The number of hydrogen-bond donors (Lipinski definition) is 1. The van der Waals surface area contributed by atoms with Gasteiger partial charge in [-0.05, 0) is 55.2 Å². The van der Waals surface area contributed by atoms with Gasteiger partial charge in [0.2, 0.25) is 10.3 Å². The van der Waals surface area contributed by atoms with Crippen LogP contribution in [0, 0.1) is 25.2 Å². The third-order valence-corrected chi connectivity index (χ3v) is 6.77. The first kappa shape index (κ1) is 23.7. The van der Waals surface area contributed by atoms with E-state index in [0.29, 0.717) is 24.3 Å². The second-order valence-electron chi connectivity index (χ2n) is 8.52. The van der Waals surface area contributed by atoms with Gasteiger partial charge >= 0.3 is 0 Å². The molecular weight excluding hydrogens is 448 g/mol. The number of aromatic nitrogens is 3. The second kappa shape index (κ2) is 10.2. The van der Waals surface area contributed by atoms with Gasteiger partial charge in [0, 0.05) is 30.2 Å². The first-order valence-electron chi connectivity index (χ1n) is 11.3. The molecule has 0 atom stereocenters. The second-order valence-corrected chi connectivity index (χ2v) is 9.48. The lowest BCUT2D eigenvalue weighted by molar-refractivity contribution is -0.112. The number of hydrogen-bond acceptors (Lipinski definition) is 7. The third kappa shape index (κ3) is 5.03. The molecule has 1 aliphatic rings. The van der Waals surface area contributed by atoms with Gasteiger partial charge in [-0.1, -0.05) is 37.3 Å². The van der Waals surface area contributed by atoms with Crippen molar-refractivity contribution in [2.24, 2.45) is 0 Å². The summed E-state index contributed by atoms with van der Waals surface area (Å²) in [5, 5.41) is 21.7. The Kier molecular flexibility index (Phi) is 7.10. The quantitative estimate of drug-likeness (QED) is 0.417. The number of aryl methyl sites for hydroxylation is 1. The zero-order valence-electron chi connectivity index (χ0n) is 19.8. The number of carbonyl (C=O) groups is 1. The number of rotatable bonds is 6. The molecule has 0 aliphatic carbocycles. The van der Waals surface area contributed by atoms with Gasteiger partial charge in [0.25, 0.3) is 5.91 Å². The van der Waals surface area contributed by atoms with Crippen molar-refractivity contribution in [2.45, 2.75) is 33.6 Å². The smallest absolute Gasteiger partial charge is 0.268 e. The number of benzene rings is 1. The van der Waals surface area contributed by atoms with Crippen molar-refractivity contribution in [3.05, 3.63) is 58.4 Å². The van der Waals surface area contributed by atoms with E-state index < -0.39 is 5.91 Å². The van der Waals surface area contributed by atoms with E-state index in [1.54, 1.807) is 6.08 Å². The van der Waals surface area contributed by atoms with Crippen LogP contribution in [0.4, 0.5) is 10.3 Å². The lowest BCUT2D eigenvalue weighted by Gasteiger charge is -2.25. The number of nitriles is 1. The lowest BCUT2D eigenvalue weighted by Crippen LogP contribution is -2.36. The molecule has 1 amide bonds. The molecule has 34 heavy (non-hydrogen) atoms. The van der Waals surface area contributed by atoms with Crippen molar-refractivity contribution in [1.82, 2.24) is 14.8 Å². The molecular formula is C25H28N6O2S. The molecule has 1 aliphatic heterocycles. The van der Waals surface area contributed by atoms with Crippen LogP contribution in [0.3, 0.4) is 0 Å². The molecule has 0 unspecified atom stereocenters. The van der Waals surface area contributed by atoms with Crippen LogP contribution in [0.2, 0.25) is 0 Å². The summed E-state index contributed by atoms with van der Waals surface area (Å²) in [6.45, 7) is 11.1. The van der Waals surface area contributed by atoms with Gasteiger partial charge < -0.3 is 14.2 Å². The van der Waals surface area contributed by atoms with Crippen LogP contribution in [0.5, 0.6) is 0 Å². The van der Waals surface area contributed by atoms with Crippen molar-refractivity contribution in [2.75, 3.05) is 36.5 Å². The highest BCUT2D eigenvalue weighted by Crippen LogP contribution is 2.27. The van der Waals surface area contributed by atoms with E-state index in [0.717, 1.165) is 40.9 Å². The van der Waals surface area contributed by atoms with Crippen molar-refractivity contribution in [1.29, 1.82) is 5.26 Å². The first-order chi connectivity index (χ1) is 16.4. The van der Waals surface area contributed by atoms with Crippen LogP contribution in [0.25, 0.3) is 11.8 Å². The van der Waals surface area contributed by atoms with Gasteiger partial charge in [0.15, 0.2) is 0 Å². The highest BCUT2D eigenvalue weighted by Gasteiger charge is 2.19. The third-order valence-electron chi connectivity index (χ3n) is 5.87. The Morgan fingerprint density at radius 1 is 1.21 bits per heavy atom. The minimum Gasteiger partial charge on any atom is -0.378 e. The van der Waals surface area contributed by atoms with E-state index in [4.69, 9.17) is 4.74 Å². The summed E-state index contributed by atoms with van der Waals surface area (Å²) in [5.74, 6) is -0.0349. The van der Waals surface area contributed by atoms with Crippen LogP contribution in [0.15, 0.2) is 35.9 Å². The first-order valence-corrected chi connectivity index (χ1v) is 12.1. The fourth-order valence-corrected chi connectivity index (χ4v) is 4.75. The Balaban J connectivity index is 1.53. The number of ether oxygens (including phenoxy) is 1. The highest BCUT2D eigenvalue weighted by molar-refractivity contribution is 7.19. The summed E-state index contributed by atoms with van der Waals surface area (Å²) in [5.41, 5.74) is 5.15. The summed E-state index contributed by atoms with van der Waals surface area (Å²) in [6.07, 6.45) is 1.63. The van der Waals surface area contributed by atoms with E-state index in [9.17, 15) is 10.1 Å². The van der Waals surface area contributed by atoms with Crippen LogP contribution in [0.1, 0.15) is 42.3 Å². The summed E-state index contributed by atoms with van der Waals surface area (Å²) in [6, 6.07) is 12.5. The number of carbonyl (C=O) groups excluding carboxylic acids is 1. The summed E-state index contributed by atoms with van der Waals surface area (Å²) in [7, 11) is 0. The average molecular weight is 477 g/mol. The fourth-order valence-electron chi connectivity index (χ4n) is 3.96. The number of anilines is 2. The molecule has 8 nitrogen and oxygen atoms in total. The summed E-state index contributed by atoms with van der Waals surface area (Å²) in [4.78, 5) is 14.9. The van der Waals surface area contributed by atoms with Crippen LogP contribution in [-0.2, 0) is 9.53 Å². The molecule has 1 saturated heterocycles. The molecule has 2 aromatic heterocycles. The molecule has 1 fully saturated rings. The minimum absolute atomic E-state index is 0.0125. The van der Waals surface area contributed by atoms with Crippen molar-refractivity contribution in [3.8, 4) is 11.8 Å². The largest absolute Gasteiger partial charge is 0.378 e. The maximum absolute atomic E-state index is 12.8. The van der Waals surface area contributed by atoms with Gasteiger partial charge in [0.05, 0.1) is 13.2 Å². The van der Waals surface area contributed by atoms with E-state index in [-0.39, 0.29) is 5.57 Å². The Hall–Kier alpha value is -3.48. The zero-order valence-corrected chi connectivity index (χ0v) is 20.6. The van der Waals surface area contributed by atoms with Gasteiger partial charge in [-0.3, -0.25) is 10.1 Å². The lowest BCUT2D eigenvalue weighted by atomic mass is 10.0. The van der Waals surface area contributed by atoms with Crippen molar-refractivity contribution in [3.63, 3.8) is 0 Å². The molecule has 0 spiro atoms. The highest BCUT2D eigenvalue weighted by atomic mass is 32.1. The average Bonchev–Trinajstić information content (AvgIpc) is 3.41. The maximum atomic E-state index is 12.8.